The highest BCUT2D eigenvalue weighted by Crippen LogP contribution is 2.40. The highest BCUT2D eigenvalue weighted by molar-refractivity contribution is 5.68. The van der Waals surface area contributed by atoms with E-state index in [-0.39, 0.29) is 30.4 Å². The number of likely N-dealkylation sites (tertiary alicyclic amines) is 1. The highest BCUT2D eigenvalue weighted by atomic mass is 19.3. The molecule has 3 aliphatic rings. The van der Waals surface area contributed by atoms with Crippen molar-refractivity contribution in [2.24, 2.45) is 0 Å². The first-order valence-corrected chi connectivity index (χ1v) is 14.0. The van der Waals surface area contributed by atoms with E-state index in [1.54, 1.807) is 9.58 Å². The normalized spacial score (nSPS) is 28.4. The quantitative estimate of drug-likeness (QED) is 0.404. The zero-order valence-corrected chi connectivity index (χ0v) is 22.1. The van der Waals surface area contributed by atoms with Gasteiger partial charge >= 0.3 is 6.09 Å². The van der Waals surface area contributed by atoms with Gasteiger partial charge in [0.2, 0.25) is 0 Å². The van der Waals surface area contributed by atoms with Crippen LogP contribution in [0.2, 0.25) is 0 Å². The number of carbonyl (C=O) groups is 1. The van der Waals surface area contributed by atoms with Crippen molar-refractivity contribution in [3.05, 3.63) is 53.3 Å². The number of carbonyl (C=O) groups excluding carboxylic acids is 1. The minimum Gasteiger partial charge on any atom is -0.453 e. The van der Waals surface area contributed by atoms with Gasteiger partial charge in [0.25, 0.3) is 6.43 Å². The molecule has 0 N–H and O–H groups in total. The lowest BCUT2D eigenvalue weighted by molar-refractivity contribution is -0.0406. The Hall–Kier alpha value is -2.52. The van der Waals surface area contributed by atoms with E-state index in [4.69, 9.17) is 14.2 Å². The van der Waals surface area contributed by atoms with Crippen molar-refractivity contribution < 1.29 is 27.8 Å². The first-order chi connectivity index (χ1) is 18.5. The molecule has 208 valence electrons. The van der Waals surface area contributed by atoms with Crippen LogP contribution in [0.1, 0.15) is 99.1 Å². The predicted molar refractivity (Wildman–Crippen MR) is 138 cm³/mol. The van der Waals surface area contributed by atoms with Crippen LogP contribution in [-0.2, 0) is 14.2 Å². The van der Waals surface area contributed by atoms with E-state index in [0.717, 1.165) is 44.9 Å². The van der Waals surface area contributed by atoms with Gasteiger partial charge in [0.1, 0.15) is 6.23 Å². The lowest BCUT2D eigenvalue weighted by Gasteiger charge is -2.41. The molecule has 1 saturated carbocycles. The molecule has 1 aliphatic carbocycles. The van der Waals surface area contributed by atoms with E-state index < -0.39 is 18.6 Å². The predicted octanol–water partition coefficient (Wildman–Crippen LogP) is 6.58. The molecule has 38 heavy (non-hydrogen) atoms. The Morgan fingerprint density at radius 2 is 1.87 bits per heavy atom. The number of hydrogen-bond acceptors (Lipinski definition) is 5. The van der Waals surface area contributed by atoms with Gasteiger partial charge in [0.05, 0.1) is 37.1 Å². The van der Waals surface area contributed by atoms with Gasteiger partial charge in [0.15, 0.2) is 0 Å². The van der Waals surface area contributed by atoms with Crippen LogP contribution in [0.4, 0.5) is 13.6 Å². The summed E-state index contributed by atoms with van der Waals surface area (Å²) >= 11 is 0. The fourth-order valence-corrected chi connectivity index (χ4v) is 6.40. The van der Waals surface area contributed by atoms with Crippen LogP contribution in [0.15, 0.2) is 36.5 Å². The summed E-state index contributed by atoms with van der Waals surface area (Å²) in [5.74, 6) is 0.168. The Balaban J connectivity index is 1.32. The molecule has 7 nitrogen and oxygen atoms in total. The molecular formula is C29H39F2N3O4. The number of ether oxygens (including phenoxy) is 3. The van der Waals surface area contributed by atoms with Gasteiger partial charge in [0, 0.05) is 25.3 Å². The van der Waals surface area contributed by atoms with Crippen LogP contribution >= 0.6 is 0 Å². The monoisotopic (exact) mass is 531 g/mol. The van der Waals surface area contributed by atoms with E-state index in [1.807, 2.05) is 6.07 Å². The summed E-state index contributed by atoms with van der Waals surface area (Å²) in [7, 11) is 1.36. The number of halogens is 2. The molecule has 0 spiro atoms. The van der Waals surface area contributed by atoms with E-state index in [0.29, 0.717) is 37.6 Å². The van der Waals surface area contributed by atoms with Crippen molar-refractivity contribution in [3.63, 3.8) is 0 Å². The third-order valence-corrected chi connectivity index (χ3v) is 8.46. The second-order valence-electron chi connectivity index (χ2n) is 10.8. The number of rotatable bonds is 7. The number of aromatic nitrogens is 2. The van der Waals surface area contributed by atoms with E-state index in [2.05, 4.69) is 29.4 Å². The third-order valence-electron chi connectivity index (χ3n) is 8.46. The summed E-state index contributed by atoms with van der Waals surface area (Å²) in [4.78, 5) is 14.4. The molecule has 2 aromatic rings. The highest BCUT2D eigenvalue weighted by Gasteiger charge is 2.40. The fourth-order valence-electron chi connectivity index (χ4n) is 6.40. The van der Waals surface area contributed by atoms with Crippen LogP contribution in [0.5, 0.6) is 0 Å². The van der Waals surface area contributed by atoms with Gasteiger partial charge in [-0.1, -0.05) is 30.3 Å². The summed E-state index contributed by atoms with van der Waals surface area (Å²) < 4.78 is 47.3. The van der Waals surface area contributed by atoms with Crippen molar-refractivity contribution in [3.8, 4) is 0 Å². The van der Waals surface area contributed by atoms with Crippen molar-refractivity contribution in [1.82, 2.24) is 14.7 Å². The Labute approximate surface area is 223 Å². The minimum absolute atomic E-state index is 0.0794. The Morgan fingerprint density at radius 1 is 1.08 bits per heavy atom. The first kappa shape index (κ1) is 27.1. The van der Waals surface area contributed by atoms with Crippen LogP contribution in [0.3, 0.4) is 0 Å². The van der Waals surface area contributed by atoms with Crippen LogP contribution < -0.4 is 0 Å². The molecule has 3 heterocycles. The van der Waals surface area contributed by atoms with Crippen LogP contribution in [-0.4, -0.2) is 59.8 Å². The summed E-state index contributed by atoms with van der Waals surface area (Å²) in [5, 5.41) is 4.66. The van der Waals surface area contributed by atoms with Gasteiger partial charge in [-0.15, -0.1) is 0 Å². The van der Waals surface area contributed by atoms with Crippen LogP contribution in [0, 0.1) is 0 Å². The minimum atomic E-state index is -2.66. The molecule has 9 heteroatoms. The molecule has 1 aromatic carbocycles. The molecule has 1 aromatic heterocycles. The van der Waals surface area contributed by atoms with E-state index >= 15 is 0 Å². The number of benzene rings is 1. The number of methoxy groups -OCH3 is 1. The largest absolute Gasteiger partial charge is 0.453 e. The van der Waals surface area contributed by atoms with Gasteiger partial charge < -0.3 is 19.1 Å². The second-order valence-corrected chi connectivity index (χ2v) is 10.8. The Bertz CT molecular complexity index is 1040. The molecule has 5 rings (SSSR count). The topological polar surface area (TPSA) is 65.8 Å². The SMILES string of the molecule is COC(=O)N1CCC[C@H](c2nn(C3CCCCO3)cc2C(F)F)[C@@H]1COC1CCC(c2ccccc2)CC1. The molecule has 1 unspecified atom stereocenters. The number of hydrogen-bond donors (Lipinski definition) is 0. The van der Waals surface area contributed by atoms with Crippen LogP contribution in [0.25, 0.3) is 0 Å². The summed E-state index contributed by atoms with van der Waals surface area (Å²) in [5.41, 5.74) is 1.64. The zero-order valence-electron chi connectivity index (χ0n) is 22.1. The van der Waals surface area contributed by atoms with Crippen molar-refractivity contribution in [1.29, 1.82) is 0 Å². The summed E-state index contributed by atoms with van der Waals surface area (Å²) in [6, 6.07) is 10.2. The standard InChI is InChI=1S/C29H39F2N3O4/c1-36-29(35)33-16-7-10-23(27-24(28(30)31)18-34(32-27)26-11-5-6-17-37-26)25(33)19-38-22-14-12-21(13-15-22)20-8-3-2-4-9-20/h2-4,8-9,18,21-23,25-26,28H,5-7,10-17,19H2,1H3/t21?,22?,23-,25-,26?/m0/s1. The number of nitrogens with zero attached hydrogens (tertiary/aromatic N) is 3. The molecule has 3 atom stereocenters. The first-order valence-electron chi connectivity index (χ1n) is 14.0. The molecular weight excluding hydrogens is 492 g/mol. The van der Waals surface area contributed by atoms with Gasteiger partial charge in [-0.05, 0) is 69.3 Å². The van der Waals surface area contributed by atoms with E-state index in [1.165, 1.54) is 18.9 Å². The second kappa shape index (κ2) is 12.6. The maximum absolute atomic E-state index is 14.2. The van der Waals surface area contributed by atoms with Crippen molar-refractivity contribution >= 4 is 6.09 Å². The third kappa shape index (κ3) is 6.04. The van der Waals surface area contributed by atoms with E-state index in [9.17, 15) is 13.6 Å². The van der Waals surface area contributed by atoms with Gasteiger partial charge in [-0.3, -0.25) is 0 Å². The number of alkyl halides is 2. The lowest BCUT2D eigenvalue weighted by Crippen LogP contribution is -2.50. The maximum Gasteiger partial charge on any atom is 0.409 e. The number of piperidine rings is 1. The zero-order chi connectivity index (χ0) is 26.5. The average Bonchev–Trinajstić information content (AvgIpc) is 3.43. The number of amides is 1. The smallest absolute Gasteiger partial charge is 0.409 e. The van der Waals surface area contributed by atoms with Crippen molar-refractivity contribution in [2.75, 3.05) is 26.9 Å². The molecule has 2 aliphatic heterocycles. The summed E-state index contributed by atoms with van der Waals surface area (Å²) in [6.45, 7) is 1.39. The fraction of sp³-hybridized carbons (Fsp3) is 0.655. The molecule has 0 bridgehead atoms. The van der Waals surface area contributed by atoms with Gasteiger partial charge in [-0.2, -0.15) is 5.10 Å². The molecule has 3 fully saturated rings. The molecule has 0 radical (unpaired) electrons. The van der Waals surface area contributed by atoms with Gasteiger partial charge in [-0.25, -0.2) is 18.3 Å². The molecule has 1 amide bonds. The maximum atomic E-state index is 14.2. The Kier molecular flexibility index (Phi) is 8.94. The molecule has 2 saturated heterocycles. The summed E-state index contributed by atoms with van der Waals surface area (Å²) in [6.07, 6.45) is 6.09. The average molecular weight is 532 g/mol. The lowest BCUT2D eigenvalue weighted by atomic mass is 9.82. The van der Waals surface area contributed by atoms with Crippen molar-refractivity contribution in [2.45, 2.75) is 94.4 Å². The Morgan fingerprint density at radius 3 is 2.55 bits per heavy atom.